The fraction of sp³-hybridized carbons (Fsp3) is 0.267. The van der Waals surface area contributed by atoms with Gasteiger partial charge in [-0.05, 0) is 30.2 Å². The molecule has 0 radical (unpaired) electrons. The van der Waals surface area contributed by atoms with Crippen LogP contribution < -0.4 is 0 Å². The van der Waals surface area contributed by atoms with Gasteiger partial charge < -0.3 is 15.0 Å². The lowest BCUT2D eigenvalue weighted by Gasteiger charge is -2.24. The van der Waals surface area contributed by atoms with Crippen molar-refractivity contribution in [3.05, 3.63) is 58.6 Å². The topological polar surface area (TPSA) is 56.3 Å². The number of aliphatic hydroxyl groups is 1. The molecule has 0 aliphatic carbocycles. The number of aromatic amines is 1. The number of carbonyl (C=O) groups excluding carboxylic acids is 1. The van der Waals surface area contributed by atoms with Gasteiger partial charge in [0.25, 0.3) is 5.91 Å². The Morgan fingerprint density at radius 2 is 2.24 bits per heavy atom. The van der Waals surface area contributed by atoms with Crippen LogP contribution in [0.1, 0.15) is 28.5 Å². The lowest BCUT2D eigenvalue weighted by molar-refractivity contribution is 0.0710. The van der Waals surface area contributed by atoms with E-state index in [1.807, 2.05) is 0 Å². The lowest BCUT2D eigenvalue weighted by Crippen LogP contribution is -2.32. The van der Waals surface area contributed by atoms with Gasteiger partial charge in [0.2, 0.25) is 0 Å². The van der Waals surface area contributed by atoms with Gasteiger partial charge in [0.15, 0.2) is 0 Å². The van der Waals surface area contributed by atoms with Gasteiger partial charge in [-0.25, -0.2) is 4.39 Å². The molecular weight excluding hydrogens is 295 g/mol. The van der Waals surface area contributed by atoms with E-state index in [0.717, 1.165) is 0 Å². The van der Waals surface area contributed by atoms with Crippen molar-refractivity contribution in [3.63, 3.8) is 0 Å². The second kappa shape index (κ2) is 5.50. The van der Waals surface area contributed by atoms with Crippen LogP contribution in [0, 0.1) is 5.82 Å². The monoisotopic (exact) mass is 308 g/mol. The summed E-state index contributed by atoms with van der Waals surface area (Å²) in [6.07, 6.45) is 1.30. The Morgan fingerprint density at radius 1 is 1.43 bits per heavy atom. The van der Waals surface area contributed by atoms with E-state index >= 15 is 0 Å². The summed E-state index contributed by atoms with van der Waals surface area (Å²) >= 11 is 5.81. The molecule has 1 saturated heterocycles. The minimum atomic E-state index is -0.618. The molecule has 1 aromatic heterocycles. The van der Waals surface area contributed by atoms with E-state index in [-0.39, 0.29) is 24.3 Å². The molecule has 2 aromatic rings. The van der Waals surface area contributed by atoms with Gasteiger partial charge in [-0.15, -0.1) is 0 Å². The Bertz CT molecular complexity index is 673. The maximum absolute atomic E-state index is 13.4. The largest absolute Gasteiger partial charge is 0.391 e. The van der Waals surface area contributed by atoms with Crippen molar-refractivity contribution in [1.82, 2.24) is 9.88 Å². The Morgan fingerprint density at radius 3 is 2.90 bits per heavy atom. The number of aromatic nitrogens is 1. The van der Waals surface area contributed by atoms with E-state index < -0.39 is 6.10 Å². The molecule has 2 N–H and O–H groups in total. The molecule has 1 amide bonds. The summed E-state index contributed by atoms with van der Waals surface area (Å²) in [6.45, 7) is 0.219. The average molecular weight is 309 g/mol. The molecule has 1 aromatic carbocycles. The van der Waals surface area contributed by atoms with Gasteiger partial charge in [-0.3, -0.25) is 4.79 Å². The number of benzene rings is 1. The summed E-state index contributed by atoms with van der Waals surface area (Å²) in [4.78, 5) is 16.9. The highest BCUT2D eigenvalue weighted by Gasteiger charge is 2.36. The first-order valence-electron chi connectivity index (χ1n) is 6.63. The third-order valence-electron chi connectivity index (χ3n) is 3.65. The molecule has 1 aliphatic heterocycles. The highest BCUT2D eigenvalue weighted by molar-refractivity contribution is 6.30. The number of rotatable bonds is 2. The van der Waals surface area contributed by atoms with Gasteiger partial charge in [0, 0.05) is 12.7 Å². The number of likely N-dealkylation sites (tertiary alicyclic amines) is 1. The summed E-state index contributed by atoms with van der Waals surface area (Å²) in [5.74, 6) is -0.614. The highest BCUT2D eigenvalue weighted by Crippen LogP contribution is 2.33. The third-order valence-corrected chi connectivity index (χ3v) is 3.87. The zero-order valence-corrected chi connectivity index (χ0v) is 11.8. The number of nitrogens with zero attached hydrogens (tertiary/aromatic N) is 1. The maximum Gasteiger partial charge on any atom is 0.270 e. The number of nitrogens with one attached hydrogen (secondary N) is 1. The van der Waals surface area contributed by atoms with Crippen molar-refractivity contribution in [2.45, 2.75) is 18.6 Å². The van der Waals surface area contributed by atoms with Crippen LogP contribution in [0.2, 0.25) is 5.02 Å². The van der Waals surface area contributed by atoms with Crippen molar-refractivity contribution in [1.29, 1.82) is 0 Å². The van der Waals surface area contributed by atoms with Crippen molar-refractivity contribution in [3.8, 4) is 0 Å². The SMILES string of the molecule is O=C(c1cc(Cl)c[nH]1)N1C[C@@H](O)C[C@H]1c1cccc(F)c1. The molecule has 1 aliphatic rings. The standard InChI is InChI=1S/C15H14ClFN2O2/c16-10-5-13(18-7-10)15(21)19-8-12(20)6-14(19)9-2-1-3-11(17)4-9/h1-5,7,12,14,18,20H,6,8H2/t12-,14-/m0/s1. The molecule has 21 heavy (non-hydrogen) atoms. The van der Waals surface area contributed by atoms with Crippen LogP contribution in [0.3, 0.4) is 0 Å². The average Bonchev–Trinajstić information content (AvgIpc) is 3.04. The third kappa shape index (κ3) is 2.80. The molecule has 0 saturated carbocycles. The van der Waals surface area contributed by atoms with Crippen molar-refractivity contribution >= 4 is 17.5 Å². The quantitative estimate of drug-likeness (QED) is 0.896. The normalized spacial score (nSPS) is 21.8. The number of halogens is 2. The molecule has 0 unspecified atom stereocenters. The number of carbonyl (C=O) groups is 1. The zero-order valence-electron chi connectivity index (χ0n) is 11.1. The Kier molecular flexibility index (Phi) is 3.69. The van der Waals surface area contributed by atoms with Crippen LogP contribution in [-0.4, -0.2) is 33.5 Å². The summed E-state index contributed by atoms with van der Waals surface area (Å²) < 4.78 is 13.4. The van der Waals surface area contributed by atoms with E-state index in [9.17, 15) is 14.3 Å². The molecule has 2 heterocycles. The number of hydrogen-bond acceptors (Lipinski definition) is 2. The van der Waals surface area contributed by atoms with Crippen LogP contribution in [0.5, 0.6) is 0 Å². The molecular formula is C15H14ClFN2O2. The number of amides is 1. The van der Waals surface area contributed by atoms with Crippen molar-refractivity contribution in [2.75, 3.05) is 6.54 Å². The Labute approximate surface area is 126 Å². The van der Waals surface area contributed by atoms with Crippen LogP contribution in [0.15, 0.2) is 36.5 Å². The number of H-pyrrole nitrogens is 1. The van der Waals surface area contributed by atoms with E-state index in [1.54, 1.807) is 17.0 Å². The molecule has 110 valence electrons. The van der Waals surface area contributed by atoms with E-state index in [4.69, 9.17) is 11.6 Å². The van der Waals surface area contributed by atoms with Crippen LogP contribution in [0.4, 0.5) is 4.39 Å². The van der Waals surface area contributed by atoms with Gasteiger partial charge in [-0.1, -0.05) is 23.7 Å². The minimum Gasteiger partial charge on any atom is -0.391 e. The fourth-order valence-electron chi connectivity index (χ4n) is 2.71. The summed E-state index contributed by atoms with van der Waals surface area (Å²) in [7, 11) is 0. The maximum atomic E-state index is 13.4. The number of β-amino-alcohol motifs (C(OH)–C–C–N with tert-alkyl or cyclic N) is 1. The molecule has 1 fully saturated rings. The van der Waals surface area contributed by atoms with Crippen LogP contribution >= 0.6 is 11.6 Å². The van der Waals surface area contributed by atoms with Gasteiger partial charge in [-0.2, -0.15) is 0 Å². The van der Waals surface area contributed by atoms with Gasteiger partial charge in [0.1, 0.15) is 11.5 Å². The first-order chi connectivity index (χ1) is 10.0. The highest BCUT2D eigenvalue weighted by atomic mass is 35.5. The molecule has 6 heteroatoms. The minimum absolute atomic E-state index is 0.219. The van der Waals surface area contributed by atoms with Gasteiger partial charge in [0.05, 0.1) is 17.2 Å². The summed E-state index contributed by atoms with van der Waals surface area (Å²) in [5.41, 5.74) is 1.04. The molecule has 0 bridgehead atoms. The van der Waals surface area contributed by atoms with E-state index in [2.05, 4.69) is 4.98 Å². The van der Waals surface area contributed by atoms with Crippen molar-refractivity contribution < 1.29 is 14.3 Å². The molecule has 2 atom stereocenters. The Hall–Kier alpha value is -1.85. The smallest absolute Gasteiger partial charge is 0.270 e. The number of hydrogen-bond donors (Lipinski definition) is 2. The fourth-order valence-corrected chi connectivity index (χ4v) is 2.88. The van der Waals surface area contributed by atoms with Crippen LogP contribution in [-0.2, 0) is 0 Å². The van der Waals surface area contributed by atoms with E-state index in [1.165, 1.54) is 24.4 Å². The zero-order chi connectivity index (χ0) is 15.0. The molecule has 0 spiro atoms. The van der Waals surface area contributed by atoms with Crippen molar-refractivity contribution in [2.24, 2.45) is 0 Å². The first-order valence-corrected chi connectivity index (χ1v) is 7.01. The lowest BCUT2D eigenvalue weighted by atomic mass is 10.0. The van der Waals surface area contributed by atoms with E-state index in [0.29, 0.717) is 22.7 Å². The number of aliphatic hydroxyl groups excluding tert-OH is 1. The van der Waals surface area contributed by atoms with Gasteiger partial charge >= 0.3 is 0 Å². The Balaban J connectivity index is 1.91. The van der Waals surface area contributed by atoms with Crippen LogP contribution in [0.25, 0.3) is 0 Å². The predicted molar refractivity (Wildman–Crippen MR) is 76.6 cm³/mol. The summed E-state index contributed by atoms with van der Waals surface area (Å²) in [6, 6.07) is 7.30. The molecule has 3 rings (SSSR count). The second-order valence-electron chi connectivity index (χ2n) is 5.15. The predicted octanol–water partition coefficient (Wildman–Crippen LogP) is 2.76. The molecule has 4 nitrogen and oxygen atoms in total. The second-order valence-corrected chi connectivity index (χ2v) is 5.59. The summed E-state index contributed by atoms with van der Waals surface area (Å²) in [5, 5.41) is 10.3. The first kappa shape index (κ1) is 14.1.